The van der Waals surface area contributed by atoms with Gasteiger partial charge in [-0.2, -0.15) is 0 Å². The van der Waals surface area contributed by atoms with Crippen LogP contribution in [-0.2, 0) is 5.60 Å². The summed E-state index contributed by atoms with van der Waals surface area (Å²) >= 11 is 5.60. The molecule has 1 heterocycles. The van der Waals surface area contributed by atoms with Gasteiger partial charge in [0.25, 0.3) is 0 Å². The minimum atomic E-state index is -0.313. The van der Waals surface area contributed by atoms with Crippen molar-refractivity contribution in [1.82, 2.24) is 0 Å². The number of hydrogen-bond acceptors (Lipinski definition) is 2. The third-order valence-electron chi connectivity index (χ3n) is 3.81. The summed E-state index contributed by atoms with van der Waals surface area (Å²) in [5.41, 5.74) is 1.96. The van der Waals surface area contributed by atoms with E-state index in [1.165, 1.54) is 5.56 Å². The van der Waals surface area contributed by atoms with E-state index in [0.717, 1.165) is 29.0 Å². The highest BCUT2D eigenvalue weighted by Crippen LogP contribution is 2.41. The summed E-state index contributed by atoms with van der Waals surface area (Å²) in [4.78, 5) is 0.993. The fourth-order valence-corrected chi connectivity index (χ4v) is 3.09. The maximum atomic E-state index is 6.34. The Bertz CT molecular complexity index is 606. The highest BCUT2D eigenvalue weighted by molar-refractivity contribution is 7.80. The van der Waals surface area contributed by atoms with Gasteiger partial charge in [0.2, 0.25) is 0 Å². The van der Waals surface area contributed by atoms with Gasteiger partial charge >= 0.3 is 0 Å². The topological polar surface area (TPSA) is 9.23 Å². The number of para-hydroxylation sites is 1. The lowest BCUT2D eigenvalue weighted by Crippen LogP contribution is -2.38. The molecule has 0 aromatic heterocycles. The molecule has 1 aliphatic rings. The molecule has 1 nitrogen and oxygen atoms in total. The van der Waals surface area contributed by atoms with E-state index in [2.05, 4.69) is 31.2 Å². The molecule has 2 heteroatoms. The van der Waals surface area contributed by atoms with E-state index in [0.29, 0.717) is 0 Å². The summed E-state index contributed by atoms with van der Waals surface area (Å²) in [5.74, 6) is 0.907. The first-order chi connectivity index (χ1) is 9.25. The minimum absolute atomic E-state index is 0.313. The normalized spacial score (nSPS) is 21.6. The lowest BCUT2D eigenvalue weighted by Gasteiger charge is -2.39. The van der Waals surface area contributed by atoms with Crippen LogP contribution >= 0.6 is 12.2 Å². The summed E-state index contributed by atoms with van der Waals surface area (Å²) in [5, 5.41) is 0. The van der Waals surface area contributed by atoms with Crippen molar-refractivity contribution in [2.24, 2.45) is 0 Å². The number of rotatable bonds is 2. The average molecular weight is 268 g/mol. The van der Waals surface area contributed by atoms with Crippen LogP contribution in [0.1, 0.15) is 30.9 Å². The van der Waals surface area contributed by atoms with E-state index >= 15 is 0 Å². The molecule has 2 aromatic carbocycles. The molecule has 0 saturated heterocycles. The summed E-state index contributed by atoms with van der Waals surface area (Å²) in [6, 6.07) is 18.5. The largest absolute Gasteiger partial charge is 0.482 e. The predicted molar refractivity (Wildman–Crippen MR) is 81.8 cm³/mol. The molecular formula is C17H16OS. The van der Waals surface area contributed by atoms with E-state index < -0.39 is 0 Å². The van der Waals surface area contributed by atoms with Crippen LogP contribution in [0, 0.1) is 0 Å². The zero-order chi connectivity index (χ0) is 13.3. The first-order valence-electron chi connectivity index (χ1n) is 6.62. The molecule has 0 fully saturated rings. The van der Waals surface area contributed by atoms with Gasteiger partial charge in [-0.05, 0) is 18.1 Å². The SMILES string of the molecule is CCC1(c2ccccc2)CC(=S)c2ccccc2O1. The van der Waals surface area contributed by atoms with E-state index in [1.54, 1.807) is 0 Å². The standard InChI is InChI=1S/C17H16OS/c1-2-17(13-8-4-3-5-9-13)12-16(19)14-10-6-7-11-15(14)18-17/h3-11H,2,12H2,1H3. The quantitative estimate of drug-likeness (QED) is 0.742. The first kappa shape index (κ1) is 12.4. The molecule has 1 atom stereocenters. The van der Waals surface area contributed by atoms with Crippen molar-refractivity contribution in [2.45, 2.75) is 25.4 Å². The van der Waals surface area contributed by atoms with Crippen molar-refractivity contribution >= 4 is 17.1 Å². The van der Waals surface area contributed by atoms with Crippen molar-refractivity contribution in [1.29, 1.82) is 0 Å². The van der Waals surface area contributed by atoms with Crippen LogP contribution in [0.4, 0.5) is 0 Å². The number of benzene rings is 2. The van der Waals surface area contributed by atoms with Crippen LogP contribution in [-0.4, -0.2) is 4.86 Å². The van der Waals surface area contributed by atoms with Crippen molar-refractivity contribution in [3.05, 3.63) is 65.7 Å². The van der Waals surface area contributed by atoms with Crippen molar-refractivity contribution in [3.8, 4) is 5.75 Å². The Kier molecular flexibility index (Phi) is 3.11. The lowest BCUT2D eigenvalue weighted by atomic mass is 9.83. The van der Waals surface area contributed by atoms with E-state index in [9.17, 15) is 0 Å². The molecule has 0 amide bonds. The molecule has 0 N–H and O–H groups in total. The fourth-order valence-electron chi connectivity index (χ4n) is 2.69. The van der Waals surface area contributed by atoms with Crippen molar-refractivity contribution in [2.75, 3.05) is 0 Å². The van der Waals surface area contributed by atoms with Gasteiger partial charge in [-0.1, -0.05) is 67.7 Å². The Morgan fingerprint density at radius 2 is 1.74 bits per heavy atom. The highest BCUT2D eigenvalue weighted by atomic mass is 32.1. The molecule has 96 valence electrons. The Hall–Kier alpha value is -1.67. The summed E-state index contributed by atoms with van der Waals surface area (Å²) < 4.78 is 6.34. The third kappa shape index (κ3) is 2.06. The van der Waals surface area contributed by atoms with Crippen LogP contribution in [0.5, 0.6) is 5.75 Å². The Morgan fingerprint density at radius 1 is 1.05 bits per heavy atom. The average Bonchev–Trinajstić information content (AvgIpc) is 2.48. The van der Waals surface area contributed by atoms with Crippen LogP contribution in [0.2, 0.25) is 0 Å². The van der Waals surface area contributed by atoms with Gasteiger partial charge in [-0.15, -0.1) is 0 Å². The first-order valence-corrected chi connectivity index (χ1v) is 7.03. The molecular weight excluding hydrogens is 252 g/mol. The predicted octanol–water partition coefficient (Wildman–Crippen LogP) is 4.49. The van der Waals surface area contributed by atoms with Crippen LogP contribution in [0.3, 0.4) is 0 Å². The van der Waals surface area contributed by atoms with Crippen LogP contribution in [0.15, 0.2) is 54.6 Å². The number of ether oxygens (including phenoxy) is 1. The third-order valence-corrected chi connectivity index (χ3v) is 4.17. The van der Waals surface area contributed by atoms with Gasteiger partial charge in [0.05, 0.1) is 0 Å². The summed E-state index contributed by atoms with van der Waals surface area (Å²) in [6.45, 7) is 2.16. The molecule has 19 heavy (non-hydrogen) atoms. The second-order valence-electron chi connectivity index (χ2n) is 4.91. The summed E-state index contributed by atoms with van der Waals surface area (Å²) in [6.07, 6.45) is 1.69. The fraction of sp³-hybridized carbons (Fsp3) is 0.235. The molecule has 1 aliphatic heterocycles. The Balaban J connectivity index is 2.09. The Morgan fingerprint density at radius 3 is 2.47 bits per heavy atom. The molecule has 0 saturated carbocycles. The second kappa shape index (κ2) is 4.78. The lowest BCUT2D eigenvalue weighted by molar-refractivity contribution is 0.0644. The van der Waals surface area contributed by atoms with Crippen LogP contribution in [0.25, 0.3) is 0 Å². The van der Waals surface area contributed by atoms with Gasteiger partial charge in [-0.3, -0.25) is 0 Å². The number of hydrogen-bond donors (Lipinski definition) is 0. The second-order valence-corrected chi connectivity index (χ2v) is 5.40. The van der Waals surface area contributed by atoms with E-state index in [-0.39, 0.29) is 5.60 Å². The maximum absolute atomic E-state index is 6.34. The van der Waals surface area contributed by atoms with Gasteiger partial charge in [0.1, 0.15) is 11.4 Å². The monoisotopic (exact) mass is 268 g/mol. The van der Waals surface area contributed by atoms with Crippen LogP contribution < -0.4 is 4.74 Å². The molecule has 3 rings (SSSR count). The zero-order valence-corrected chi connectivity index (χ0v) is 11.7. The minimum Gasteiger partial charge on any atom is -0.482 e. The van der Waals surface area contributed by atoms with Crippen molar-refractivity contribution in [3.63, 3.8) is 0 Å². The molecule has 1 unspecified atom stereocenters. The number of fused-ring (bicyclic) bond motifs is 1. The zero-order valence-electron chi connectivity index (χ0n) is 10.9. The maximum Gasteiger partial charge on any atom is 0.139 e. The van der Waals surface area contributed by atoms with E-state index in [4.69, 9.17) is 17.0 Å². The summed E-state index contributed by atoms with van der Waals surface area (Å²) in [7, 11) is 0. The van der Waals surface area contributed by atoms with Crippen molar-refractivity contribution < 1.29 is 4.74 Å². The van der Waals surface area contributed by atoms with Gasteiger partial charge in [-0.25, -0.2) is 0 Å². The molecule has 0 spiro atoms. The van der Waals surface area contributed by atoms with Gasteiger partial charge in [0.15, 0.2) is 0 Å². The van der Waals surface area contributed by atoms with Gasteiger partial charge < -0.3 is 4.74 Å². The molecule has 2 aromatic rings. The molecule has 0 radical (unpaired) electrons. The Labute approximate surface area is 119 Å². The molecule has 0 bridgehead atoms. The molecule has 0 aliphatic carbocycles. The van der Waals surface area contributed by atoms with Gasteiger partial charge in [0, 0.05) is 16.8 Å². The number of thiocarbonyl (C=S) groups is 1. The smallest absolute Gasteiger partial charge is 0.139 e. The highest BCUT2D eigenvalue weighted by Gasteiger charge is 2.38. The van der Waals surface area contributed by atoms with E-state index in [1.807, 2.05) is 30.3 Å².